The predicted molar refractivity (Wildman–Crippen MR) is 114 cm³/mol. The minimum absolute atomic E-state index is 0.00467. The minimum Gasteiger partial charge on any atom is -0.368 e. The summed E-state index contributed by atoms with van der Waals surface area (Å²) in [7, 11) is 0. The van der Waals surface area contributed by atoms with Gasteiger partial charge in [-0.3, -0.25) is 9.59 Å². The Labute approximate surface area is 171 Å². The van der Waals surface area contributed by atoms with Crippen molar-refractivity contribution in [2.75, 3.05) is 42.5 Å². The SMILES string of the molecule is CC(=O)N(CC(=O)N1CCN(c2cccc(C)c2C)CC1)c1ccc(C#N)cc1. The van der Waals surface area contributed by atoms with Crippen LogP contribution in [0, 0.1) is 25.2 Å². The van der Waals surface area contributed by atoms with Gasteiger partial charge in [0.05, 0.1) is 11.6 Å². The van der Waals surface area contributed by atoms with Crippen LogP contribution in [-0.2, 0) is 9.59 Å². The average molecular weight is 390 g/mol. The second-order valence-electron chi connectivity index (χ2n) is 7.35. The Balaban J connectivity index is 1.64. The maximum absolute atomic E-state index is 12.8. The first-order valence-electron chi connectivity index (χ1n) is 9.78. The van der Waals surface area contributed by atoms with Crippen LogP contribution in [0.15, 0.2) is 42.5 Å². The average Bonchev–Trinajstić information content (AvgIpc) is 2.74. The van der Waals surface area contributed by atoms with Crippen molar-refractivity contribution in [3.63, 3.8) is 0 Å². The number of hydrogen-bond donors (Lipinski definition) is 0. The number of piperazine rings is 1. The summed E-state index contributed by atoms with van der Waals surface area (Å²) in [5.74, 6) is -0.262. The molecule has 2 aromatic carbocycles. The van der Waals surface area contributed by atoms with Gasteiger partial charge in [-0.15, -0.1) is 0 Å². The quantitative estimate of drug-likeness (QED) is 0.805. The zero-order chi connectivity index (χ0) is 21.0. The Morgan fingerprint density at radius 3 is 2.28 bits per heavy atom. The lowest BCUT2D eigenvalue weighted by atomic mass is 10.1. The monoisotopic (exact) mass is 390 g/mol. The Morgan fingerprint density at radius 1 is 1.03 bits per heavy atom. The van der Waals surface area contributed by atoms with Crippen LogP contribution in [0.25, 0.3) is 0 Å². The highest BCUT2D eigenvalue weighted by atomic mass is 16.2. The molecular formula is C23H26N4O2. The summed E-state index contributed by atoms with van der Waals surface area (Å²) in [5.41, 5.74) is 4.90. The molecule has 0 unspecified atom stereocenters. The summed E-state index contributed by atoms with van der Waals surface area (Å²) in [6, 6.07) is 15.1. The molecule has 0 radical (unpaired) electrons. The molecule has 1 heterocycles. The van der Waals surface area contributed by atoms with E-state index in [1.165, 1.54) is 28.6 Å². The summed E-state index contributed by atoms with van der Waals surface area (Å²) in [4.78, 5) is 30.5. The fourth-order valence-corrected chi connectivity index (χ4v) is 3.61. The first-order chi connectivity index (χ1) is 13.9. The standard InChI is InChI=1S/C23H26N4O2/c1-17-5-4-6-22(18(17)2)25-11-13-26(14-12-25)23(29)16-27(19(3)28)21-9-7-20(15-24)8-10-21/h4-10H,11-14,16H2,1-3H3. The second-order valence-corrected chi connectivity index (χ2v) is 7.35. The predicted octanol–water partition coefficient (Wildman–Crippen LogP) is 2.88. The molecule has 2 aromatic rings. The van der Waals surface area contributed by atoms with Crippen molar-refractivity contribution in [1.82, 2.24) is 4.90 Å². The van der Waals surface area contributed by atoms with Gasteiger partial charge in [-0.1, -0.05) is 12.1 Å². The van der Waals surface area contributed by atoms with E-state index in [4.69, 9.17) is 5.26 Å². The molecule has 0 spiro atoms. The van der Waals surface area contributed by atoms with Gasteiger partial charge in [-0.2, -0.15) is 5.26 Å². The molecule has 6 heteroatoms. The fourth-order valence-electron chi connectivity index (χ4n) is 3.61. The van der Waals surface area contributed by atoms with Crippen molar-refractivity contribution in [2.24, 2.45) is 0 Å². The van der Waals surface area contributed by atoms with Gasteiger partial charge in [-0.05, 0) is 55.3 Å². The molecule has 29 heavy (non-hydrogen) atoms. The van der Waals surface area contributed by atoms with Crippen LogP contribution in [-0.4, -0.2) is 49.4 Å². The Hall–Kier alpha value is -3.33. The van der Waals surface area contributed by atoms with E-state index in [9.17, 15) is 9.59 Å². The van der Waals surface area contributed by atoms with Gasteiger partial charge in [0.25, 0.3) is 0 Å². The molecule has 0 aliphatic carbocycles. The molecule has 0 saturated carbocycles. The van der Waals surface area contributed by atoms with Crippen molar-refractivity contribution in [1.29, 1.82) is 5.26 Å². The smallest absolute Gasteiger partial charge is 0.242 e. The summed E-state index contributed by atoms with van der Waals surface area (Å²) in [5, 5.41) is 8.93. The van der Waals surface area contributed by atoms with Crippen molar-refractivity contribution in [3.8, 4) is 6.07 Å². The maximum Gasteiger partial charge on any atom is 0.242 e. The molecule has 1 saturated heterocycles. The van der Waals surface area contributed by atoms with Crippen LogP contribution in [0.3, 0.4) is 0 Å². The van der Waals surface area contributed by atoms with Crippen molar-refractivity contribution in [3.05, 3.63) is 59.2 Å². The normalized spacial score (nSPS) is 13.7. The lowest BCUT2D eigenvalue weighted by molar-refractivity contribution is -0.131. The number of aryl methyl sites for hydroxylation is 1. The lowest BCUT2D eigenvalue weighted by Crippen LogP contribution is -2.52. The fraction of sp³-hybridized carbons (Fsp3) is 0.348. The molecule has 2 amide bonds. The van der Waals surface area contributed by atoms with Gasteiger partial charge in [0, 0.05) is 44.5 Å². The van der Waals surface area contributed by atoms with Crippen LogP contribution < -0.4 is 9.80 Å². The molecule has 0 aromatic heterocycles. The number of amides is 2. The number of hydrogen-bond acceptors (Lipinski definition) is 4. The Morgan fingerprint density at radius 2 is 1.69 bits per heavy atom. The number of anilines is 2. The number of rotatable bonds is 4. The van der Waals surface area contributed by atoms with E-state index in [2.05, 4.69) is 43.0 Å². The van der Waals surface area contributed by atoms with E-state index < -0.39 is 0 Å². The van der Waals surface area contributed by atoms with Gasteiger partial charge >= 0.3 is 0 Å². The number of carbonyl (C=O) groups is 2. The third-order valence-corrected chi connectivity index (χ3v) is 5.53. The topological polar surface area (TPSA) is 67.7 Å². The summed E-state index contributed by atoms with van der Waals surface area (Å²) in [6.07, 6.45) is 0. The molecule has 6 nitrogen and oxygen atoms in total. The van der Waals surface area contributed by atoms with Gasteiger partial charge < -0.3 is 14.7 Å². The highest BCUT2D eigenvalue weighted by Crippen LogP contribution is 2.24. The van der Waals surface area contributed by atoms with Gasteiger partial charge in [-0.25, -0.2) is 0 Å². The molecule has 150 valence electrons. The third-order valence-electron chi connectivity index (χ3n) is 5.53. The summed E-state index contributed by atoms with van der Waals surface area (Å²) >= 11 is 0. The summed E-state index contributed by atoms with van der Waals surface area (Å²) in [6.45, 7) is 8.49. The van der Waals surface area contributed by atoms with Crippen LogP contribution in [0.2, 0.25) is 0 Å². The molecule has 1 fully saturated rings. The van der Waals surface area contributed by atoms with E-state index in [0.29, 0.717) is 24.3 Å². The number of benzene rings is 2. The van der Waals surface area contributed by atoms with Crippen LogP contribution in [0.4, 0.5) is 11.4 Å². The molecule has 0 N–H and O–H groups in total. The molecule has 0 bridgehead atoms. The van der Waals surface area contributed by atoms with E-state index >= 15 is 0 Å². The van der Waals surface area contributed by atoms with Crippen LogP contribution >= 0.6 is 0 Å². The van der Waals surface area contributed by atoms with Crippen molar-refractivity contribution in [2.45, 2.75) is 20.8 Å². The number of carbonyl (C=O) groups excluding carboxylic acids is 2. The van der Waals surface area contributed by atoms with Gasteiger partial charge in [0.2, 0.25) is 11.8 Å². The number of nitrogens with zero attached hydrogens (tertiary/aromatic N) is 4. The zero-order valence-corrected chi connectivity index (χ0v) is 17.2. The van der Waals surface area contributed by atoms with Crippen molar-refractivity contribution < 1.29 is 9.59 Å². The van der Waals surface area contributed by atoms with E-state index in [1.807, 2.05) is 4.90 Å². The van der Waals surface area contributed by atoms with Gasteiger partial charge in [0.1, 0.15) is 6.54 Å². The maximum atomic E-state index is 12.8. The minimum atomic E-state index is -0.197. The molecule has 1 aliphatic rings. The van der Waals surface area contributed by atoms with Crippen LogP contribution in [0.1, 0.15) is 23.6 Å². The van der Waals surface area contributed by atoms with E-state index in [0.717, 1.165) is 13.1 Å². The first-order valence-corrected chi connectivity index (χ1v) is 9.78. The molecular weight excluding hydrogens is 364 g/mol. The zero-order valence-electron chi connectivity index (χ0n) is 17.2. The lowest BCUT2D eigenvalue weighted by Gasteiger charge is -2.37. The van der Waals surface area contributed by atoms with Gasteiger partial charge in [0.15, 0.2) is 0 Å². The van der Waals surface area contributed by atoms with E-state index in [-0.39, 0.29) is 18.4 Å². The highest BCUT2D eigenvalue weighted by molar-refractivity contribution is 5.97. The highest BCUT2D eigenvalue weighted by Gasteiger charge is 2.25. The largest absolute Gasteiger partial charge is 0.368 e. The van der Waals surface area contributed by atoms with Crippen molar-refractivity contribution >= 4 is 23.2 Å². The Kier molecular flexibility index (Phi) is 6.18. The molecule has 0 atom stereocenters. The Bertz CT molecular complexity index is 938. The van der Waals surface area contributed by atoms with E-state index in [1.54, 1.807) is 24.3 Å². The molecule has 1 aliphatic heterocycles. The molecule has 3 rings (SSSR count). The third kappa shape index (κ3) is 4.57. The first kappa shape index (κ1) is 20.4. The van der Waals surface area contributed by atoms with Crippen LogP contribution in [0.5, 0.6) is 0 Å². The number of nitriles is 1. The second kappa shape index (κ2) is 8.78. The summed E-state index contributed by atoms with van der Waals surface area (Å²) < 4.78 is 0.